The summed E-state index contributed by atoms with van der Waals surface area (Å²) < 4.78 is 5.36. The summed E-state index contributed by atoms with van der Waals surface area (Å²) in [6.07, 6.45) is 0. The molecule has 0 radical (unpaired) electrons. The van der Waals surface area contributed by atoms with E-state index in [1.54, 1.807) is 42.5 Å². The summed E-state index contributed by atoms with van der Waals surface area (Å²) in [7, 11) is 0. The average Bonchev–Trinajstić information content (AvgIpc) is 2.47. The summed E-state index contributed by atoms with van der Waals surface area (Å²) in [4.78, 5) is 11.9. The predicted octanol–water partition coefficient (Wildman–Crippen LogP) is 2.47. The topological polar surface area (TPSA) is 88.1 Å². The van der Waals surface area contributed by atoms with Crippen molar-refractivity contribution in [2.45, 2.75) is 6.92 Å². The normalized spacial score (nSPS) is 9.71. The van der Waals surface area contributed by atoms with Gasteiger partial charge in [0.15, 0.2) is 6.61 Å². The average molecular weight is 281 g/mol. The molecule has 3 N–H and O–H groups in total. The molecule has 0 bridgehead atoms. The quantitative estimate of drug-likeness (QED) is 0.843. The van der Waals surface area contributed by atoms with E-state index in [9.17, 15) is 4.79 Å². The fraction of sp³-hybridized carbons (Fsp3) is 0.125. The molecule has 0 heterocycles. The van der Waals surface area contributed by atoms with Gasteiger partial charge in [0.05, 0.1) is 11.6 Å². The van der Waals surface area contributed by atoms with Crippen LogP contribution in [0.5, 0.6) is 5.75 Å². The van der Waals surface area contributed by atoms with Gasteiger partial charge >= 0.3 is 0 Å². The summed E-state index contributed by atoms with van der Waals surface area (Å²) in [6.45, 7) is 1.73. The maximum Gasteiger partial charge on any atom is 0.262 e. The number of hydrogen-bond acceptors (Lipinski definition) is 4. The number of aryl methyl sites for hydroxylation is 1. The largest absolute Gasteiger partial charge is 0.484 e. The van der Waals surface area contributed by atoms with Crippen LogP contribution in [0.25, 0.3) is 0 Å². The van der Waals surface area contributed by atoms with Crippen molar-refractivity contribution in [3.05, 3.63) is 53.6 Å². The van der Waals surface area contributed by atoms with Crippen LogP contribution in [0.3, 0.4) is 0 Å². The molecule has 21 heavy (non-hydrogen) atoms. The van der Waals surface area contributed by atoms with E-state index in [0.717, 1.165) is 5.56 Å². The number of carbonyl (C=O) groups is 1. The van der Waals surface area contributed by atoms with Gasteiger partial charge in [-0.2, -0.15) is 5.26 Å². The van der Waals surface area contributed by atoms with E-state index >= 15 is 0 Å². The van der Waals surface area contributed by atoms with Crippen molar-refractivity contribution in [3.63, 3.8) is 0 Å². The van der Waals surface area contributed by atoms with Crippen LogP contribution in [0.15, 0.2) is 42.5 Å². The third-order valence-electron chi connectivity index (χ3n) is 2.87. The minimum Gasteiger partial charge on any atom is -0.484 e. The zero-order chi connectivity index (χ0) is 15.2. The summed E-state index contributed by atoms with van der Waals surface area (Å²) in [5.74, 6) is 0.239. The SMILES string of the molecule is Cc1ccc(C#N)cc1NC(=O)COc1cccc(N)c1. The Kier molecular flexibility index (Phi) is 4.42. The van der Waals surface area contributed by atoms with E-state index in [-0.39, 0.29) is 12.5 Å². The number of nitriles is 1. The van der Waals surface area contributed by atoms with E-state index < -0.39 is 0 Å². The highest BCUT2D eigenvalue weighted by Crippen LogP contribution is 2.17. The Balaban J connectivity index is 1.98. The van der Waals surface area contributed by atoms with Gasteiger partial charge in [-0.1, -0.05) is 12.1 Å². The lowest BCUT2D eigenvalue weighted by Gasteiger charge is -2.10. The van der Waals surface area contributed by atoms with Gasteiger partial charge in [-0.15, -0.1) is 0 Å². The molecule has 0 aliphatic rings. The molecule has 0 unspecified atom stereocenters. The van der Waals surface area contributed by atoms with Gasteiger partial charge in [-0.3, -0.25) is 4.79 Å². The third-order valence-corrected chi connectivity index (χ3v) is 2.87. The lowest BCUT2D eigenvalue weighted by molar-refractivity contribution is -0.118. The number of anilines is 2. The maximum atomic E-state index is 11.9. The molecular formula is C16H15N3O2. The highest BCUT2D eigenvalue weighted by atomic mass is 16.5. The molecule has 2 rings (SSSR count). The van der Waals surface area contributed by atoms with Crippen molar-refractivity contribution >= 4 is 17.3 Å². The molecule has 0 spiro atoms. The Bertz CT molecular complexity index is 705. The first kappa shape index (κ1) is 14.4. The van der Waals surface area contributed by atoms with Gasteiger partial charge in [0.1, 0.15) is 5.75 Å². The van der Waals surface area contributed by atoms with E-state index in [2.05, 4.69) is 5.32 Å². The van der Waals surface area contributed by atoms with Crippen molar-refractivity contribution in [2.24, 2.45) is 0 Å². The Hall–Kier alpha value is -3.00. The molecule has 0 saturated heterocycles. The molecule has 106 valence electrons. The highest BCUT2D eigenvalue weighted by molar-refractivity contribution is 5.92. The third kappa shape index (κ3) is 3.98. The van der Waals surface area contributed by atoms with Crippen LogP contribution in [0.2, 0.25) is 0 Å². The van der Waals surface area contributed by atoms with Crippen LogP contribution in [0, 0.1) is 18.3 Å². The van der Waals surface area contributed by atoms with Gasteiger partial charge in [0.25, 0.3) is 5.91 Å². The Labute approximate surface area is 123 Å². The molecule has 0 atom stereocenters. The van der Waals surface area contributed by atoms with Crippen molar-refractivity contribution in [2.75, 3.05) is 17.7 Å². The van der Waals surface area contributed by atoms with Gasteiger partial charge in [0, 0.05) is 17.4 Å². The van der Waals surface area contributed by atoms with Crippen molar-refractivity contribution < 1.29 is 9.53 Å². The number of nitrogens with two attached hydrogens (primary N) is 1. The lowest BCUT2D eigenvalue weighted by Crippen LogP contribution is -2.20. The first-order valence-corrected chi connectivity index (χ1v) is 6.37. The molecule has 2 aromatic carbocycles. The number of nitrogens with one attached hydrogen (secondary N) is 1. The number of ether oxygens (including phenoxy) is 1. The van der Waals surface area contributed by atoms with Crippen LogP contribution in [-0.2, 0) is 4.79 Å². The molecule has 0 fully saturated rings. The molecule has 0 aromatic heterocycles. The summed E-state index contributed by atoms with van der Waals surface area (Å²) >= 11 is 0. The van der Waals surface area contributed by atoms with Gasteiger partial charge in [-0.25, -0.2) is 0 Å². The fourth-order valence-electron chi connectivity index (χ4n) is 1.77. The minimum atomic E-state index is -0.296. The number of nitrogen functional groups attached to an aromatic ring is 1. The minimum absolute atomic E-state index is 0.125. The van der Waals surface area contributed by atoms with E-state index in [1.165, 1.54) is 0 Å². The number of hydrogen-bond donors (Lipinski definition) is 2. The maximum absolute atomic E-state index is 11.9. The van der Waals surface area contributed by atoms with Crippen LogP contribution in [0.4, 0.5) is 11.4 Å². The lowest BCUT2D eigenvalue weighted by atomic mass is 10.1. The smallest absolute Gasteiger partial charge is 0.262 e. The molecule has 0 aliphatic carbocycles. The number of benzene rings is 2. The second-order valence-electron chi connectivity index (χ2n) is 4.55. The van der Waals surface area contributed by atoms with Crippen LogP contribution >= 0.6 is 0 Å². The molecule has 5 nitrogen and oxygen atoms in total. The fourth-order valence-corrected chi connectivity index (χ4v) is 1.77. The zero-order valence-electron chi connectivity index (χ0n) is 11.6. The van der Waals surface area contributed by atoms with Crippen LogP contribution in [0.1, 0.15) is 11.1 Å². The number of amides is 1. The zero-order valence-corrected chi connectivity index (χ0v) is 11.6. The first-order chi connectivity index (χ1) is 10.1. The molecule has 0 saturated carbocycles. The van der Waals surface area contributed by atoms with Gasteiger partial charge in [0.2, 0.25) is 0 Å². The van der Waals surface area contributed by atoms with E-state index in [0.29, 0.717) is 22.7 Å². The Morgan fingerprint density at radius 2 is 2.14 bits per heavy atom. The van der Waals surface area contributed by atoms with Gasteiger partial charge in [-0.05, 0) is 36.8 Å². The van der Waals surface area contributed by atoms with Crippen molar-refractivity contribution in [3.8, 4) is 11.8 Å². The monoisotopic (exact) mass is 281 g/mol. The Morgan fingerprint density at radius 1 is 1.33 bits per heavy atom. The highest BCUT2D eigenvalue weighted by Gasteiger charge is 2.07. The number of carbonyl (C=O) groups excluding carboxylic acids is 1. The second-order valence-corrected chi connectivity index (χ2v) is 4.55. The van der Waals surface area contributed by atoms with E-state index in [1.807, 2.05) is 13.0 Å². The van der Waals surface area contributed by atoms with Crippen LogP contribution in [-0.4, -0.2) is 12.5 Å². The standard InChI is InChI=1S/C16H15N3O2/c1-11-5-6-12(9-17)7-15(11)19-16(20)10-21-14-4-2-3-13(18)8-14/h2-8H,10,18H2,1H3,(H,19,20). The predicted molar refractivity (Wildman–Crippen MR) is 80.9 cm³/mol. The van der Waals surface area contributed by atoms with Crippen molar-refractivity contribution in [1.82, 2.24) is 0 Å². The van der Waals surface area contributed by atoms with Crippen LogP contribution < -0.4 is 15.8 Å². The molecule has 2 aromatic rings. The Morgan fingerprint density at radius 3 is 2.86 bits per heavy atom. The summed E-state index contributed by atoms with van der Waals surface area (Å²) in [5, 5.41) is 11.6. The number of nitrogens with zero attached hydrogens (tertiary/aromatic N) is 1. The second kappa shape index (κ2) is 6.44. The van der Waals surface area contributed by atoms with Crippen molar-refractivity contribution in [1.29, 1.82) is 5.26 Å². The molecule has 1 amide bonds. The summed E-state index contributed by atoms with van der Waals surface area (Å²) in [6, 6.07) is 14.0. The summed E-state index contributed by atoms with van der Waals surface area (Å²) in [5.41, 5.74) is 8.18. The molecule has 0 aliphatic heterocycles. The molecular weight excluding hydrogens is 266 g/mol. The number of rotatable bonds is 4. The first-order valence-electron chi connectivity index (χ1n) is 6.37. The molecule has 5 heteroatoms. The van der Waals surface area contributed by atoms with Gasteiger partial charge < -0.3 is 15.8 Å². The van der Waals surface area contributed by atoms with E-state index in [4.69, 9.17) is 15.7 Å².